The van der Waals surface area contributed by atoms with E-state index in [2.05, 4.69) is 9.97 Å². The Bertz CT molecular complexity index is 419. The quantitative estimate of drug-likeness (QED) is 0.646. The minimum atomic E-state index is -1.26. The fourth-order valence-corrected chi connectivity index (χ4v) is 2.06. The highest BCUT2D eigenvalue weighted by molar-refractivity contribution is 8.13. The molecule has 94 valence electrons. The molecule has 0 amide bonds. The molecule has 0 saturated heterocycles. The van der Waals surface area contributed by atoms with Crippen LogP contribution in [0.5, 0.6) is 0 Å². The smallest absolute Gasteiger partial charge is 0.223 e. The molecule has 17 heavy (non-hydrogen) atoms. The topological polar surface area (TPSA) is 83.3 Å². The molecule has 2 unspecified atom stereocenters. The first-order valence-electron chi connectivity index (χ1n) is 4.59. The lowest BCUT2D eigenvalue weighted by Crippen LogP contribution is -2.22. The van der Waals surface area contributed by atoms with Crippen molar-refractivity contribution in [1.82, 2.24) is 9.97 Å². The predicted octanol–water partition coefficient (Wildman–Crippen LogP) is 1.46. The lowest BCUT2D eigenvalue weighted by Gasteiger charge is -2.17. The van der Waals surface area contributed by atoms with Gasteiger partial charge in [-0.3, -0.25) is 4.79 Å². The molecule has 1 heterocycles. The van der Waals surface area contributed by atoms with E-state index in [9.17, 15) is 15.0 Å². The van der Waals surface area contributed by atoms with Gasteiger partial charge in [-0.05, 0) is 11.6 Å². The van der Waals surface area contributed by atoms with Gasteiger partial charge in [-0.15, -0.1) is 0 Å². The number of carbonyl (C=O) groups is 1. The van der Waals surface area contributed by atoms with E-state index in [-0.39, 0.29) is 26.9 Å². The molecule has 8 heteroatoms. The summed E-state index contributed by atoms with van der Waals surface area (Å²) in [5, 5.41) is 19.2. The Hall–Kier alpha value is -0.400. The molecule has 0 fully saturated rings. The number of aliphatic hydroxyl groups excluding tert-OH is 2. The Balaban J connectivity index is 2.74. The van der Waals surface area contributed by atoms with E-state index >= 15 is 0 Å². The number of rotatable bonds is 4. The van der Waals surface area contributed by atoms with Gasteiger partial charge in [0.25, 0.3) is 0 Å². The van der Waals surface area contributed by atoms with Crippen LogP contribution in [0, 0.1) is 0 Å². The van der Waals surface area contributed by atoms with Crippen LogP contribution in [-0.2, 0) is 4.79 Å². The first kappa shape index (κ1) is 14.7. The van der Waals surface area contributed by atoms with Crippen LogP contribution in [0.25, 0.3) is 0 Å². The van der Waals surface area contributed by atoms with Crippen LogP contribution in [0.2, 0.25) is 10.4 Å². The summed E-state index contributed by atoms with van der Waals surface area (Å²) < 4.78 is 0. The van der Waals surface area contributed by atoms with Crippen LogP contribution < -0.4 is 0 Å². The third-order valence-corrected chi connectivity index (χ3v) is 3.28. The van der Waals surface area contributed by atoms with Gasteiger partial charge in [0.1, 0.15) is 11.3 Å². The molecule has 0 aliphatic heterocycles. The number of thioether (sulfide) groups is 1. The van der Waals surface area contributed by atoms with Gasteiger partial charge in [0.15, 0.2) is 5.12 Å². The molecule has 1 rings (SSSR count). The van der Waals surface area contributed by atoms with Gasteiger partial charge in [0.2, 0.25) is 5.28 Å². The molecular formula is C9H10Cl2N2O3S. The van der Waals surface area contributed by atoms with Crippen molar-refractivity contribution >= 4 is 40.1 Å². The first-order chi connectivity index (χ1) is 7.91. The Morgan fingerprint density at radius 1 is 1.53 bits per heavy atom. The van der Waals surface area contributed by atoms with Crippen molar-refractivity contribution in [1.29, 1.82) is 0 Å². The van der Waals surface area contributed by atoms with Crippen molar-refractivity contribution in [3.8, 4) is 0 Å². The van der Waals surface area contributed by atoms with Crippen molar-refractivity contribution in [2.45, 2.75) is 19.1 Å². The highest BCUT2D eigenvalue weighted by Gasteiger charge is 2.22. The fraction of sp³-hybridized carbons (Fsp3) is 0.444. The maximum Gasteiger partial charge on any atom is 0.223 e. The first-order valence-corrected chi connectivity index (χ1v) is 6.33. The fourth-order valence-electron chi connectivity index (χ4n) is 1.05. The van der Waals surface area contributed by atoms with Crippen molar-refractivity contribution in [3.05, 3.63) is 22.2 Å². The Morgan fingerprint density at radius 2 is 2.18 bits per heavy atom. The van der Waals surface area contributed by atoms with Gasteiger partial charge in [0, 0.05) is 24.4 Å². The number of halogens is 2. The van der Waals surface area contributed by atoms with Crippen molar-refractivity contribution in [2.24, 2.45) is 0 Å². The Morgan fingerprint density at radius 3 is 2.71 bits per heavy atom. The predicted molar refractivity (Wildman–Crippen MR) is 66.2 cm³/mol. The number of aliphatic hydroxyl groups is 2. The average Bonchev–Trinajstić information content (AvgIpc) is 2.25. The summed E-state index contributed by atoms with van der Waals surface area (Å²) in [4.78, 5) is 18.0. The second kappa shape index (κ2) is 6.51. The van der Waals surface area contributed by atoms with E-state index in [0.29, 0.717) is 0 Å². The highest BCUT2D eigenvalue weighted by atomic mass is 35.5. The van der Waals surface area contributed by atoms with Crippen LogP contribution in [0.3, 0.4) is 0 Å². The second-order valence-corrected chi connectivity index (χ2v) is 5.09. The summed E-state index contributed by atoms with van der Waals surface area (Å²) >= 11 is 12.2. The zero-order chi connectivity index (χ0) is 13.0. The molecule has 0 spiro atoms. The van der Waals surface area contributed by atoms with E-state index in [1.807, 2.05) is 0 Å². The third kappa shape index (κ3) is 4.40. The Labute approximate surface area is 112 Å². The SMILES string of the molecule is CC(=O)SCC(O)C(O)c1cnc(Cl)nc1Cl. The zero-order valence-electron chi connectivity index (χ0n) is 8.80. The molecule has 0 aliphatic carbocycles. The molecule has 0 radical (unpaired) electrons. The lowest BCUT2D eigenvalue weighted by molar-refractivity contribution is -0.109. The molecule has 1 aromatic heterocycles. The second-order valence-electron chi connectivity index (χ2n) is 3.20. The highest BCUT2D eigenvalue weighted by Crippen LogP contribution is 2.25. The standard InChI is InChI=1S/C9H10Cl2N2O3S/c1-4(14)17-3-6(15)7(16)5-2-12-9(11)13-8(5)10/h2,6-7,15-16H,3H2,1H3. The van der Waals surface area contributed by atoms with Gasteiger partial charge < -0.3 is 10.2 Å². The number of hydrogen-bond donors (Lipinski definition) is 2. The van der Waals surface area contributed by atoms with E-state index < -0.39 is 12.2 Å². The van der Waals surface area contributed by atoms with E-state index in [4.69, 9.17) is 23.2 Å². The number of nitrogens with zero attached hydrogens (tertiary/aromatic N) is 2. The van der Waals surface area contributed by atoms with Crippen molar-refractivity contribution in [3.63, 3.8) is 0 Å². The molecular weight excluding hydrogens is 287 g/mol. The third-order valence-electron chi connectivity index (χ3n) is 1.88. The summed E-state index contributed by atoms with van der Waals surface area (Å²) in [5.41, 5.74) is 0.174. The van der Waals surface area contributed by atoms with Gasteiger partial charge in [-0.2, -0.15) is 0 Å². The maximum absolute atomic E-state index is 10.7. The molecule has 0 aliphatic rings. The maximum atomic E-state index is 10.7. The van der Waals surface area contributed by atoms with Crippen molar-refractivity contribution in [2.75, 3.05) is 5.75 Å². The molecule has 5 nitrogen and oxygen atoms in total. The summed E-state index contributed by atoms with van der Waals surface area (Å²) in [6.45, 7) is 1.38. The van der Waals surface area contributed by atoms with Gasteiger partial charge in [0.05, 0.1) is 6.10 Å². The minimum absolute atomic E-state index is 0.0237. The number of aromatic nitrogens is 2. The summed E-state index contributed by atoms with van der Waals surface area (Å²) in [6.07, 6.45) is -1.15. The summed E-state index contributed by atoms with van der Waals surface area (Å²) in [5.74, 6) is 0.0649. The van der Waals surface area contributed by atoms with Gasteiger partial charge >= 0.3 is 0 Å². The largest absolute Gasteiger partial charge is 0.389 e. The van der Waals surface area contributed by atoms with E-state index in [0.717, 1.165) is 11.8 Å². The molecule has 0 bridgehead atoms. The number of hydrogen-bond acceptors (Lipinski definition) is 6. The molecule has 2 atom stereocenters. The molecule has 0 saturated carbocycles. The minimum Gasteiger partial charge on any atom is -0.389 e. The zero-order valence-corrected chi connectivity index (χ0v) is 11.1. The van der Waals surface area contributed by atoms with Crippen molar-refractivity contribution < 1.29 is 15.0 Å². The van der Waals surface area contributed by atoms with Crippen LogP contribution in [-0.4, -0.2) is 37.2 Å². The van der Waals surface area contributed by atoms with Crippen LogP contribution >= 0.6 is 35.0 Å². The van der Waals surface area contributed by atoms with E-state index in [1.54, 1.807) is 0 Å². The van der Waals surface area contributed by atoms with Gasteiger partial charge in [-0.1, -0.05) is 23.4 Å². The van der Waals surface area contributed by atoms with Crippen LogP contribution in [0.1, 0.15) is 18.6 Å². The van der Waals surface area contributed by atoms with Crippen LogP contribution in [0.4, 0.5) is 0 Å². The molecule has 2 N–H and O–H groups in total. The average molecular weight is 297 g/mol. The summed E-state index contributed by atoms with van der Waals surface area (Å²) in [7, 11) is 0. The Kier molecular flexibility index (Phi) is 5.61. The molecule has 1 aromatic rings. The van der Waals surface area contributed by atoms with Crippen LogP contribution in [0.15, 0.2) is 6.20 Å². The van der Waals surface area contributed by atoms with E-state index in [1.165, 1.54) is 13.1 Å². The lowest BCUT2D eigenvalue weighted by atomic mass is 10.1. The monoisotopic (exact) mass is 296 g/mol. The molecule has 0 aromatic carbocycles. The summed E-state index contributed by atoms with van der Waals surface area (Å²) in [6, 6.07) is 0. The number of carbonyl (C=O) groups excluding carboxylic acids is 1. The normalized spacial score (nSPS) is 14.4. The van der Waals surface area contributed by atoms with Gasteiger partial charge in [-0.25, -0.2) is 9.97 Å².